The molecular formula is C17H34N2. The van der Waals surface area contributed by atoms with Crippen LogP contribution in [-0.2, 0) is 0 Å². The first-order valence-corrected chi connectivity index (χ1v) is 8.52. The highest BCUT2D eigenvalue weighted by atomic mass is 15.3. The van der Waals surface area contributed by atoms with E-state index in [2.05, 4.69) is 32.6 Å². The fraction of sp³-hybridized carbons (Fsp3) is 1.00. The molecule has 4 atom stereocenters. The zero-order valence-electron chi connectivity index (χ0n) is 13.5. The highest BCUT2D eigenvalue weighted by Gasteiger charge is 2.47. The fourth-order valence-electron chi connectivity index (χ4n) is 4.81. The monoisotopic (exact) mass is 266 g/mol. The molecule has 112 valence electrons. The summed E-state index contributed by atoms with van der Waals surface area (Å²) >= 11 is 0. The summed E-state index contributed by atoms with van der Waals surface area (Å²) in [5.74, 6) is 1.69. The van der Waals surface area contributed by atoms with Crippen LogP contribution in [-0.4, -0.2) is 29.1 Å². The minimum absolute atomic E-state index is 0.309. The summed E-state index contributed by atoms with van der Waals surface area (Å²) in [6.45, 7) is 10.4. The van der Waals surface area contributed by atoms with E-state index in [-0.39, 0.29) is 0 Å². The van der Waals surface area contributed by atoms with Gasteiger partial charge in [-0.05, 0) is 50.9 Å². The van der Waals surface area contributed by atoms with Crippen molar-refractivity contribution in [1.82, 2.24) is 4.90 Å². The number of nitrogens with two attached hydrogens (primary N) is 1. The standard InChI is InChI=1S/C17H34N2/c1-5-16-9-8-14(4)19(16)17(12-18)10-6-7-15(11-17)13(2)3/h13-16H,5-12,18H2,1-4H3. The van der Waals surface area contributed by atoms with E-state index in [9.17, 15) is 0 Å². The van der Waals surface area contributed by atoms with E-state index in [0.29, 0.717) is 5.54 Å². The molecule has 1 heterocycles. The Morgan fingerprint density at radius 3 is 2.58 bits per heavy atom. The molecule has 0 aromatic heterocycles. The van der Waals surface area contributed by atoms with Gasteiger partial charge in [0.1, 0.15) is 0 Å². The molecule has 2 fully saturated rings. The Morgan fingerprint density at radius 2 is 2.00 bits per heavy atom. The predicted octanol–water partition coefficient (Wildman–Crippen LogP) is 3.79. The van der Waals surface area contributed by atoms with Crippen LogP contribution in [0, 0.1) is 11.8 Å². The van der Waals surface area contributed by atoms with Gasteiger partial charge in [0.05, 0.1) is 0 Å². The summed E-state index contributed by atoms with van der Waals surface area (Å²) in [6.07, 6.45) is 9.49. The maximum atomic E-state index is 6.32. The van der Waals surface area contributed by atoms with Gasteiger partial charge in [0.2, 0.25) is 0 Å². The summed E-state index contributed by atoms with van der Waals surface area (Å²) in [4.78, 5) is 2.85. The van der Waals surface area contributed by atoms with Crippen LogP contribution >= 0.6 is 0 Å². The summed E-state index contributed by atoms with van der Waals surface area (Å²) in [7, 11) is 0. The number of nitrogens with zero attached hydrogens (tertiary/aromatic N) is 1. The predicted molar refractivity (Wildman–Crippen MR) is 83.2 cm³/mol. The Morgan fingerprint density at radius 1 is 1.26 bits per heavy atom. The molecule has 1 saturated carbocycles. The second kappa shape index (κ2) is 6.13. The maximum Gasteiger partial charge on any atom is 0.0340 e. The van der Waals surface area contributed by atoms with E-state index < -0.39 is 0 Å². The number of hydrogen-bond acceptors (Lipinski definition) is 2. The summed E-state index contributed by atoms with van der Waals surface area (Å²) in [6, 6.07) is 1.52. The van der Waals surface area contributed by atoms with Gasteiger partial charge in [-0.25, -0.2) is 0 Å². The highest BCUT2D eigenvalue weighted by Crippen LogP contribution is 2.44. The topological polar surface area (TPSA) is 29.3 Å². The number of hydrogen-bond donors (Lipinski definition) is 1. The van der Waals surface area contributed by atoms with Gasteiger partial charge in [-0.15, -0.1) is 0 Å². The van der Waals surface area contributed by atoms with Crippen LogP contribution in [0.1, 0.15) is 72.6 Å². The van der Waals surface area contributed by atoms with Crippen molar-refractivity contribution in [2.75, 3.05) is 6.54 Å². The Hall–Kier alpha value is -0.0800. The quantitative estimate of drug-likeness (QED) is 0.839. The molecular weight excluding hydrogens is 232 g/mol. The van der Waals surface area contributed by atoms with Crippen molar-refractivity contribution in [3.8, 4) is 0 Å². The third-order valence-electron chi connectivity index (χ3n) is 5.99. The third kappa shape index (κ3) is 2.85. The lowest BCUT2D eigenvalue weighted by Crippen LogP contribution is -2.60. The molecule has 1 saturated heterocycles. The molecule has 0 radical (unpaired) electrons. The van der Waals surface area contributed by atoms with Gasteiger partial charge >= 0.3 is 0 Å². The Balaban J connectivity index is 2.20. The molecule has 2 rings (SSSR count). The van der Waals surface area contributed by atoms with Gasteiger partial charge in [-0.3, -0.25) is 4.90 Å². The molecule has 2 heteroatoms. The highest BCUT2D eigenvalue weighted by molar-refractivity contribution is 5.03. The molecule has 4 unspecified atom stereocenters. The van der Waals surface area contributed by atoms with Crippen LogP contribution < -0.4 is 5.73 Å². The molecule has 19 heavy (non-hydrogen) atoms. The minimum atomic E-state index is 0.309. The molecule has 1 aliphatic heterocycles. The molecule has 1 aliphatic carbocycles. The average molecular weight is 266 g/mol. The second-order valence-corrected chi connectivity index (χ2v) is 7.42. The first-order chi connectivity index (χ1) is 9.04. The van der Waals surface area contributed by atoms with Crippen LogP contribution in [0.15, 0.2) is 0 Å². The molecule has 2 aliphatic rings. The molecule has 0 aromatic rings. The number of rotatable bonds is 4. The maximum absolute atomic E-state index is 6.32. The van der Waals surface area contributed by atoms with Gasteiger partial charge in [0.25, 0.3) is 0 Å². The van der Waals surface area contributed by atoms with E-state index in [1.54, 1.807) is 0 Å². The molecule has 0 bridgehead atoms. The SMILES string of the molecule is CCC1CCC(C)N1C1(CN)CCCC(C(C)C)C1. The van der Waals surface area contributed by atoms with E-state index in [4.69, 9.17) is 5.73 Å². The molecule has 0 spiro atoms. The van der Waals surface area contributed by atoms with E-state index in [0.717, 1.165) is 30.5 Å². The largest absolute Gasteiger partial charge is 0.329 e. The van der Waals surface area contributed by atoms with Crippen molar-refractivity contribution >= 4 is 0 Å². The van der Waals surface area contributed by atoms with Crippen molar-refractivity contribution in [3.05, 3.63) is 0 Å². The second-order valence-electron chi connectivity index (χ2n) is 7.42. The van der Waals surface area contributed by atoms with Gasteiger partial charge < -0.3 is 5.73 Å². The van der Waals surface area contributed by atoms with E-state index >= 15 is 0 Å². The van der Waals surface area contributed by atoms with Gasteiger partial charge in [0.15, 0.2) is 0 Å². The number of likely N-dealkylation sites (tertiary alicyclic amines) is 1. The lowest BCUT2D eigenvalue weighted by atomic mass is 9.70. The van der Waals surface area contributed by atoms with Crippen molar-refractivity contribution < 1.29 is 0 Å². The van der Waals surface area contributed by atoms with Gasteiger partial charge in [0, 0.05) is 24.2 Å². The summed E-state index contributed by atoms with van der Waals surface area (Å²) < 4.78 is 0. The molecule has 0 aromatic carbocycles. The average Bonchev–Trinajstić information content (AvgIpc) is 2.80. The Kier molecular flexibility index (Phi) is 4.94. The van der Waals surface area contributed by atoms with Crippen LogP contribution in [0.4, 0.5) is 0 Å². The van der Waals surface area contributed by atoms with Crippen molar-refractivity contribution in [1.29, 1.82) is 0 Å². The fourth-order valence-corrected chi connectivity index (χ4v) is 4.81. The lowest BCUT2D eigenvalue weighted by Gasteiger charge is -2.51. The third-order valence-corrected chi connectivity index (χ3v) is 5.99. The zero-order valence-corrected chi connectivity index (χ0v) is 13.5. The van der Waals surface area contributed by atoms with Gasteiger partial charge in [-0.2, -0.15) is 0 Å². The zero-order chi connectivity index (χ0) is 14.0. The first kappa shape index (κ1) is 15.3. The smallest absolute Gasteiger partial charge is 0.0340 e. The van der Waals surface area contributed by atoms with Crippen molar-refractivity contribution in [3.63, 3.8) is 0 Å². The Labute approximate surface area is 120 Å². The van der Waals surface area contributed by atoms with Crippen molar-refractivity contribution in [2.24, 2.45) is 17.6 Å². The lowest BCUT2D eigenvalue weighted by molar-refractivity contribution is -0.00750. The van der Waals surface area contributed by atoms with E-state index in [1.807, 2.05) is 0 Å². The van der Waals surface area contributed by atoms with Gasteiger partial charge in [-0.1, -0.05) is 33.6 Å². The molecule has 0 amide bonds. The molecule has 2 N–H and O–H groups in total. The van der Waals surface area contributed by atoms with Crippen LogP contribution in [0.2, 0.25) is 0 Å². The normalized spacial score (nSPS) is 41.1. The van der Waals surface area contributed by atoms with Crippen LogP contribution in [0.3, 0.4) is 0 Å². The summed E-state index contributed by atoms with van der Waals surface area (Å²) in [5.41, 5.74) is 6.63. The van der Waals surface area contributed by atoms with E-state index in [1.165, 1.54) is 44.9 Å². The minimum Gasteiger partial charge on any atom is -0.329 e. The summed E-state index contributed by atoms with van der Waals surface area (Å²) in [5, 5.41) is 0. The Bertz CT molecular complexity index is 289. The van der Waals surface area contributed by atoms with Crippen LogP contribution in [0.25, 0.3) is 0 Å². The first-order valence-electron chi connectivity index (χ1n) is 8.52. The van der Waals surface area contributed by atoms with Crippen molar-refractivity contribution in [2.45, 2.75) is 90.3 Å². The van der Waals surface area contributed by atoms with Crippen LogP contribution in [0.5, 0.6) is 0 Å². The molecule has 2 nitrogen and oxygen atoms in total.